The Kier molecular flexibility index (Phi) is 4.24. The standard InChI is InChI=1S/C22H19ClN2O3/c1-2-26-16-8-5-14(6-9-16)22-25-19(13-18(24-25)21-4-3-11-27-21)17-12-15(23)7-10-20(17)28-22/h3-12,19,22H,2,13H2,1H3. The maximum absolute atomic E-state index is 6.34. The summed E-state index contributed by atoms with van der Waals surface area (Å²) in [7, 11) is 0. The fourth-order valence-corrected chi connectivity index (χ4v) is 3.95. The zero-order valence-corrected chi connectivity index (χ0v) is 16.1. The third-order valence-corrected chi connectivity index (χ3v) is 5.27. The molecular weight excluding hydrogens is 376 g/mol. The van der Waals surface area contributed by atoms with Gasteiger partial charge in [-0.2, -0.15) is 5.10 Å². The fourth-order valence-electron chi connectivity index (χ4n) is 3.76. The van der Waals surface area contributed by atoms with Crippen molar-refractivity contribution in [3.05, 3.63) is 82.8 Å². The molecule has 0 fully saturated rings. The van der Waals surface area contributed by atoms with Crippen LogP contribution in [0.5, 0.6) is 11.5 Å². The summed E-state index contributed by atoms with van der Waals surface area (Å²) in [6, 6.07) is 17.6. The fraction of sp³-hybridized carbons (Fsp3) is 0.227. The van der Waals surface area contributed by atoms with Crippen molar-refractivity contribution in [1.29, 1.82) is 0 Å². The van der Waals surface area contributed by atoms with Crippen LogP contribution >= 0.6 is 11.6 Å². The van der Waals surface area contributed by atoms with Crippen LogP contribution in [0.4, 0.5) is 0 Å². The molecular formula is C22H19ClN2O3. The first-order valence-electron chi connectivity index (χ1n) is 9.31. The minimum Gasteiger partial charge on any atom is -0.494 e. The van der Waals surface area contributed by atoms with Crippen LogP contribution in [0.2, 0.25) is 5.02 Å². The molecule has 0 amide bonds. The largest absolute Gasteiger partial charge is 0.494 e. The number of halogens is 1. The Morgan fingerprint density at radius 1 is 1.18 bits per heavy atom. The van der Waals surface area contributed by atoms with E-state index in [1.54, 1.807) is 6.26 Å². The van der Waals surface area contributed by atoms with E-state index in [9.17, 15) is 0 Å². The van der Waals surface area contributed by atoms with Crippen LogP contribution in [-0.2, 0) is 0 Å². The number of fused-ring (bicyclic) bond motifs is 3. The molecule has 2 aliphatic heterocycles. The highest BCUT2D eigenvalue weighted by atomic mass is 35.5. The molecule has 0 radical (unpaired) electrons. The number of furan rings is 1. The molecule has 0 spiro atoms. The van der Waals surface area contributed by atoms with Crippen LogP contribution in [0, 0.1) is 0 Å². The first kappa shape index (κ1) is 17.2. The molecule has 142 valence electrons. The number of hydrogen-bond donors (Lipinski definition) is 0. The van der Waals surface area contributed by atoms with Gasteiger partial charge in [0.1, 0.15) is 23.0 Å². The molecule has 0 aliphatic carbocycles. The second-order valence-corrected chi connectivity index (χ2v) is 7.21. The minimum atomic E-state index is -0.332. The second-order valence-electron chi connectivity index (χ2n) is 6.78. The Labute approximate surface area is 168 Å². The van der Waals surface area contributed by atoms with Gasteiger partial charge in [-0.3, -0.25) is 0 Å². The van der Waals surface area contributed by atoms with Gasteiger partial charge in [0.25, 0.3) is 0 Å². The Morgan fingerprint density at radius 2 is 2.04 bits per heavy atom. The highest BCUT2D eigenvalue weighted by molar-refractivity contribution is 6.30. The van der Waals surface area contributed by atoms with Crippen molar-refractivity contribution in [3.8, 4) is 11.5 Å². The lowest BCUT2D eigenvalue weighted by Crippen LogP contribution is -2.33. The topological polar surface area (TPSA) is 47.2 Å². The van der Waals surface area contributed by atoms with Gasteiger partial charge in [-0.25, -0.2) is 5.01 Å². The summed E-state index contributed by atoms with van der Waals surface area (Å²) in [5.41, 5.74) is 2.96. The summed E-state index contributed by atoms with van der Waals surface area (Å²) in [6.07, 6.45) is 2.07. The molecule has 0 saturated carbocycles. The molecule has 5 rings (SSSR count). The van der Waals surface area contributed by atoms with Crippen molar-refractivity contribution < 1.29 is 13.9 Å². The first-order chi connectivity index (χ1) is 13.7. The number of hydrazone groups is 1. The summed E-state index contributed by atoms with van der Waals surface area (Å²) in [5.74, 6) is 2.45. The van der Waals surface area contributed by atoms with Crippen LogP contribution in [0.25, 0.3) is 0 Å². The molecule has 3 aromatic rings. The molecule has 2 aromatic carbocycles. The lowest BCUT2D eigenvalue weighted by atomic mass is 9.97. The Hall–Kier alpha value is -2.92. The molecule has 3 heterocycles. The normalized spacial score (nSPS) is 20.2. The SMILES string of the molecule is CCOc1ccc(C2Oc3ccc(Cl)cc3C3CC(c4ccco4)=NN32)cc1. The Bertz CT molecular complexity index is 1010. The molecule has 2 atom stereocenters. The molecule has 0 N–H and O–H groups in total. The van der Waals surface area contributed by atoms with Gasteiger partial charge in [0, 0.05) is 22.6 Å². The predicted octanol–water partition coefficient (Wildman–Crippen LogP) is 5.57. The molecule has 1 aromatic heterocycles. The van der Waals surface area contributed by atoms with Crippen LogP contribution < -0.4 is 9.47 Å². The van der Waals surface area contributed by atoms with Gasteiger partial charge in [-0.05, 0) is 61.5 Å². The van der Waals surface area contributed by atoms with Gasteiger partial charge >= 0.3 is 0 Å². The number of benzene rings is 2. The zero-order valence-electron chi connectivity index (χ0n) is 15.3. The van der Waals surface area contributed by atoms with Gasteiger partial charge in [0.05, 0.1) is 18.9 Å². The number of ether oxygens (including phenoxy) is 2. The van der Waals surface area contributed by atoms with E-state index in [0.717, 1.165) is 40.5 Å². The maximum atomic E-state index is 6.34. The first-order valence-corrected chi connectivity index (χ1v) is 9.69. The van der Waals surface area contributed by atoms with Crippen molar-refractivity contribution in [2.24, 2.45) is 5.10 Å². The van der Waals surface area contributed by atoms with E-state index in [-0.39, 0.29) is 12.3 Å². The van der Waals surface area contributed by atoms with Crippen molar-refractivity contribution in [2.45, 2.75) is 25.6 Å². The van der Waals surface area contributed by atoms with Crippen molar-refractivity contribution in [3.63, 3.8) is 0 Å². The van der Waals surface area contributed by atoms with E-state index in [2.05, 4.69) is 0 Å². The van der Waals surface area contributed by atoms with Crippen LogP contribution in [0.15, 0.2) is 70.4 Å². The minimum absolute atomic E-state index is 0.0409. The molecule has 0 saturated heterocycles. The number of nitrogens with zero attached hydrogens (tertiary/aromatic N) is 2. The summed E-state index contributed by atoms with van der Waals surface area (Å²) >= 11 is 6.26. The second kappa shape index (κ2) is 6.91. The summed E-state index contributed by atoms with van der Waals surface area (Å²) < 4.78 is 17.5. The van der Waals surface area contributed by atoms with Gasteiger partial charge < -0.3 is 13.9 Å². The quantitative estimate of drug-likeness (QED) is 0.580. The molecule has 2 aliphatic rings. The third kappa shape index (κ3) is 2.92. The van der Waals surface area contributed by atoms with E-state index >= 15 is 0 Å². The van der Waals surface area contributed by atoms with E-state index < -0.39 is 0 Å². The molecule has 2 unspecified atom stereocenters. The van der Waals surface area contributed by atoms with E-state index in [0.29, 0.717) is 11.6 Å². The zero-order chi connectivity index (χ0) is 19.1. The average molecular weight is 395 g/mol. The smallest absolute Gasteiger partial charge is 0.213 e. The van der Waals surface area contributed by atoms with Crippen molar-refractivity contribution in [1.82, 2.24) is 5.01 Å². The highest BCUT2D eigenvalue weighted by Gasteiger charge is 2.41. The van der Waals surface area contributed by atoms with E-state index in [4.69, 9.17) is 30.6 Å². The summed E-state index contributed by atoms with van der Waals surface area (Å²) in [5, 5.41) is 7.55. The van der Waals surface area contributed by atoms with Crippen LogP contribution in [0.1, 0.15) is 42.5 Å². The summed E-state index contributed by atoms with van der Waals surface area (Å²) in [6.45, 7) is 2.61. The molecule has 0 bridgehead atoms. The molecule has 28 heavy (non-hydrogen) atoms. The van der Waals surface area contributed by atoms with Crippen LogP contribution in [0.3, 0.4) is 0 Å². The molecule has 6 heteroatoms. The van der Waals surface area contributed by atoms with Gasteiger partial charge in [-0.15, -0.1) is 0 Å². The van der Waals surface area contributed by atoms with Gasteiger partial charge in [0.2, 0.25) is 6.23 Å². The maximum Gasteiger partial charge on any atom is 0.213 e. The Balaban J connectivity index is 1.55. The number of rotatable bonds is 4. The lowest BCUT2D eigenvalue weighted by molar-refractivity contribution is -0.0190. The Morgan fingerprint density at radius 3 is 2.79 bits per heavy atom. The van der Waals surface area contributed by atoms with E-state index in [1.165, 1.54) is 0 Å². The van der Waals surface area contributed by atoms with Crippen molar-refractivity contribution >= 4 is 17.3 Å². The van der Waals surface area contributed by atoms with Gasteiger partial charge in [-0.1, -0.05) is 11.6 Å². The van der Waals surface area contributed by atoms with Crippen LogP contribution in [-0.4, -0.2) is 17.3 Å². The average Bonchev–Trinajstić information content (AvgIpc) is 3.38. The predicted molar refractivity (Wildman–Crippen MR) is 107 cm³/mol. The number of hydrogen-bond acceptors (Lipinski definition) is 5. The van der Waals surface area contributed by atoms with E-state index in [1.807, 2.05) is 66.5 Å². The third-order valence-electron chi connectivity index (χ3n) is 5.03. The van der Waals surface area contributed by atoms with Gasteiger partial charge in [0.15, 0.2) is 0 Å². The summed E-state index contributed by atoms with van der Waals surface area (Å²) in [4.78, 5) is 0. The molecule has 5 nitrogen and oxygen atoms in total. The lowest BCUT2D eigenvalue weighted by Gasteiger charge is -2.38. The monoisotopic (exact) mass is 394 g/mol. The highest BCUT2D eigenvalue weighted by Crippen LogP contribution is 2.48. The van der Waals surface area contributed by atoms with Crippen molar-refractivity contribution in [2.75, 3.05) is 6.61 Å².